The Balaban J connectivity index is 1.44. The fourth-order valence-corrected chi connectivity index (χ4v) is 4.79. The first-order valence-electron chi connectivity index (χ1n) is 9.45. The van der Waals surface area contributed by atoms with Gasteiger partial charge in [0.2, 0.25) is 10.6 Å². The highest BCUT2D eigenvalue weighted by Crippen LogP contribution is 2.33. The molecule has 1 fully saturated rings. The molecule has 0 bridgehead atoms. The van der Waals surface area contributed by atoms with E-state index in [-0.39, 0.29) is 11.8 Å². The second-order valence-electron chi connectivity index (χ2n) is 7.14. The maximum absolute atomic E-state index is 12.9. The zero-order valence-corrected chi connectivity index (χ0v) is 18.7. The molecule has 1 atom stereocenters. The third-order valence-corrected chi connectivity index (χ3v) is 6.45. The molecule has 0 spiro atoms. The minimum absolute atomic E-state index is 0.0293. The van der Waals surface area contributed by atoms with Gasteiger partial charge in [-0.3, -0.25) is 4.79 Å². The van der Waals surface area contributed by atoms with Crippen molar-refractivity contribution >= 4 is 45.0 Å². The van der Waals surface area contributed by atoms with E-state index in [1.807, 2.05) is 31.3 Å². The molecule has 150 valence electrons. The second-order valence-corrected chi connectivity index (χ2v) is 8.86. The van der Waals surface area contributed by atoms with Gasteiger partial charge < -0.3 is 10.2 Å². The summed E-state index contributed by atoms with van der Waals surface area (Å²) in [5, 5.41) is 8.09. The standard InChI is InChI=1S/C21H22BrN5OS/c1-14-7-9-16(10-8-14)27-12-11-15(13-27)19(28)23-17-5-3-4-6-18(17)29-21-24-20(22)25-26(21)2/h3-10,15H,11-13H2,1-2H3,(H,23,28)/t15-/m0/s1. The van der Waals surface area contributed by atoms with E-state index in [1.165, 1.54) is 23.0 Å². The minimum Gasteiger partial charge on any atom is -0.371 e. The number of carbonyl (C=O) groups excluding carboxylic acids is 1. The van der Waals surface area contributed by atoms with E-state index in [4.69, 9.17) is 0 Å². The lowest BCUT2D eigenvalue weighted by molar-refractivity contribution is -0.119. The smallest absolute Gasteiger partial charge is 0.229 e. The van der Waals surface area contributed by atoms with E-state index >= 15 is 0 Å². The number of rotatable bonds is 5. The lowest BCUT2D eigenvalue weighted by Crippen LogP contribution is -2.27. The highest BCUT2D eigenvalue weighted by Gasteiger charge is 2.29. The molecule has 2 aromatic carbocycles. The number of carbonyl (C=O) groups is 1. The van der Waals surface area contributed by atoms with E-state index in [2.05, 4.69) is 67.4 Å². The number of nitrogens with one attached hydrogen (secondary N) is 1. The molecule has 0 unspecified atom stereocenters. The number of aromatic nitrogens is 3. The van der Waals surface area contributed by atoms with Crippen molar-refractivity contribution in [2.45, 2.75) is 23.4 Å². The van der Waals surface area contributed by atoms with Crippen molar-refractivity contribution < 1.29 is 4.79 Å². The molecule has 0 radical (unpaired) electrons. The Hall–Kier alpha value is -2.32. The molecular formula is C21H22BrN5OS. The zero-order chi connectivity index (χ0) is 20.4. The number of aryl methyl sites for hydroxylation is 2. The highest BCUT2D eigenvalue weighted by atomic mass is 79.9. The van der Waals surface area contributed by atoms with Gasteiger partial charge in [0.15, 0.2) is 5.16 Å². The van der Waals surface area contributed by atoms with Crippen LogP contribution < -0.4 is 10.2 Å². The summed E-state index contributed by atoms with van der Waals surface area (Å²) < 4.78 is 2.26. The molecule has 1 N–H and O–H groups in total. The minimum atomic E-state index is -0.0293. The van der Waals surface area contributed by atoms with Crippen molar-refractivity contribution in [3.05, 3.63) is 58.8 Å². The molecule has 6 nitrogen and oxygen atoms in total. The first-order valence-corrected chi connectivity index (χ1v) is 11.1. The number of hydrogen-bond donors (Lipinski definition) is 1. The van der Waals surface area contributed by atoms with Crippen LogP contribution in [0.15, 0.2) is 63.3 Å². The van der Waals surface area contributed by atoms with Crippen LogP contribution in [0.1, 0.15) is 12.0 Å². The summed E-state index contributed by atoms with van der Waals surface area (Å²) in [6.07, 6.45) is 0.852. The van der Waals surface area contributed by atoms with Crippen LogP contribution >= 0.6 is 27.7 Å². The van der Waals surface area contributed by atoms with E-state index in [1.54, 1.807) is 4.68 Å². The summed E-state index contributed by atoms with van der Waals surface area (Å²) >= 11 is 4.78. The van der Waals surface area contributed by atoms with Gasteiger partial charge in [0, 0.05) is 30.7 Å². The predicted octanol–water partition coefficient (Wildman–Crippen LogP) is 4.50. The fraction of sp³-hybridized carbons (Fsp3) is 0.286. The Morgan fingerprint density at radius 2 is 1.97 bits per heavy atom. The van der Waals surface area contributed by atoms with Crippen LogP contribution in [-0.4, -0.2) is 33.8 Å². The summed E-state index contributed by atoms with van der Waals surface area (Å²) in [5.41, 5.74) is 3.22. The fourth-order valence-electron chi connectivity index (χ4n) is 3.39. The number of anilines is 2. The molecule has 4 rings (SSSR count). The van der Waals surface area contributed by atoms with Crippen molar-refractivity contribution in [2.24, 2.45) is 13.0 Å². The molecule has 3 aromatic rings. The number of benzene rings is 2. The topological polar surface area (TPSA) is 63.1 Å². The van der Waals surface area contributed by atoms with Gasteiger partial charge in [0.05, 0.1) is 11.6 Å². The van der Waals surface area contributed by atoms with Gasteiger partial charge in [-0.2, -0.15) is 4.98 Å². The summed E-state index contributed by atoms with van der Waals surface area (Å²) in [4.78, 5) is 20.5. The highest BCUT2D eigenvalue weighted by molar-refractivity contribution is 9.10. The molecule has 8 heteroatoms. The normalized spacial score (nSPS) is 16.2. The monoisotopic (exact) mass is 471 g/mol. The van der Waals surface area contributed by atoms with Gasteiger partial charge in [-0.15, -0.1) is 5.10 Å². The van der Waals surface area contributed by atoms with Crippen molar-refractivity contribution in [1.29, 1.82) is 0 Å². The lowest BCUT2D eigenvalue weighted by Gasteiger charge is -2.19. The van der Waals surface area contributed by atoms with Crippen LogP contribution in [0.4, 0.5) is 11.4 Å². The molecular weight excluding hydrogens is 450 g/mol. The van der Waals surface area contributed by atoms with Crippen molar-refractivity contribution in [3.8, 4) is 0 Å². The van der Waals surface area contributed by atoms with E-state index < -0.39 is 0 Å². The van der Waals surface area contributed by atoms with Gasteiger partial charge in [-0.1, -0.05) is 29.8 Å². The maximum Gasteiger partial charge on any atom is 0.229 e. The van der Waals surface area contributed by atoms with Crippen molar-refractivity contribution in [1.82, 2.24) is 14.8 Å². The molecule has 1 aliphatic heterocycles. The first kappa shape index (κ1) is 20.0. The Morgan fingerprint density at radius 1 is 1.21 bits per heavy atom. The Labute approximate surface area is 182 Å². The second kappa shape index (κ2) is 8.59. The van der Waals surface area contributed by atoms with Crippen LogP contribution in [-0.2, 0) is 11.8 Å². The lowest BCUT2D eigenvalue weighted by atomic mass is 10.1. The summed E-state index contributed by atoms with van der Waals surface area (Å²) in [6.45, 7) is 3.71. The number of halogens is 1. The third-order valence-electron chi connectivity index (χ3n) is 5.00. The molecule has 1 saturated heterocycles. The quantitative estimate of drug-likeness (QED) is 0.593. The number of amides is 1. The van der Waals surface area contributed by atoms with Crippen LogP contribution in [0.5, 0.6) is 0 Å². The van der Waals surface area contributed by atoms with E-state index in [0.717, 1.165) is 35.2 Å². The predicted molar refractivity (Wildman–Crippen MR) is 119 cm³/mol. The van der Waals surface area contributed by atoms with Crippen molar-refractivity contribution in [3.63, 3.8) is 0 Å². The Bertz CT molecular complexity index is 1020. The average Bonchev–Trinajstić information content (AvgIpc) is 3.31. The SMILES string of the molecule is Cc1ccc(N2CC[C@H](C(=O)Nc3ccccc3Sc3nc(Br)nn3C)C2)cc1. The van der Waals surface area contributed by atoms with Gasteiger partial charge in [-0.25, -0.2) is 4.68 Å². The molecule has 0 aliphatic carbocycles. The van der Waals surface area contributed by atoms with E-state index in [9.17, 15) is 4.79 Å². The summed E-state index contributed by atoms with van der Waals surface area (Å²) in [7, 11) is 1.85. The Morgan fingerprint density at radius 3 is 2.69 bits per heavy atom. The molecule has 2 heterocycles. The number of para-hydroxylation sites is 1. The van der Waals surface area contributed by atoms with Crippen molar-refractivity contribution in [2.75, 3.05) is 23.3 Å². The van der Waals surface area contributed by atoms with Crippen LogP contribution in [0.2, 0.25) is 0 Å². The van der Waals surface area contributed by atoms with Gasteiger partial charge in [0.1, 0.15) is 0 Å². The number of nitrogens with zero attached hydrogens (tertiary/aromatic N) is 4. The van der Waals surface area contributed by atoms with Gasteiger partial charge in [-0.05, 0) is 65.3 Å². The van der Waals surface area contributed by atoms with Gasteiger partial charge >= 0.3 is 0 Å². The first-order chi connectivity index (χ1) is 14.0. The van der Waals surface area contributed by atoms with Crippen LogP contribution in [0.25, 0.3) is 0 Å². The third kappa shape index (κ3) is 4.64. The average molecular weight is 472 g/mol. The summed E-state index contributed by atoms with van der Waals surface area (Å²) in [6, 6.07) is 16.3. The zero-order valence-electron chi connectivity index (χ0n) is 16.3. The molecule has 1 aliphatic rings. The molecule has 0 saturated carbocycles. The molecule has 1 amide bonds. The molecule has 29 heavy (non-hydrogen) atoms. The summed E-state index contributed by atoms with van der Waals surface area (Å²) in [5.74, 6) is 0.0325. The van der Waals surface area contributed by atoms with Gasteiger partial charge in [0.25, 0.3) is 0 Å². The molecule has 1 aromatic heterocycles. The Kier molecular flexibility index (Phi) is 5.91. The maximum atomic E-state index is 12.9. The van der Waals surface area contributed by atoms with Crippen LogP contribution in [0, 0.1) is 12.8 Å². The van der Waals surface area contributed by atoms with E-state index in [0.29, 0.717) is 4.73 Å². The number of hydrogen-bond acceptors (Lipinski definition) is 5. The largest absolute Gasteiger partial charge is 0.371 e. The van der Waals surface area contributed by atoms with Crippen LogP contribution in [0.3, 0.4) is 0 Å².